The van der Waals surface area contributed by atoms with E-state index >= 15 is 0 Å². The van der Waals surface area contributed by atoms with Gasteiger partial charge in [0.1, 0.15) is 0 Å². The van der Waals surface area contributed by atoms with Gasteiger partial charge in [-0.1, -0.05) is 35.7 Å². The predicted octanol–water partition coefficient (Wildman–Crippen LogP) is 3.50. The molecule has 1 aromatic carbocycles. The molecule has 0 amide bonds. The van der Waals surface area contributed by atoms with Gasteiger partial charge in [-0.3, -0.25) is 4.79 Å². The lowest BCUT2D eigenvalue weighted by Crippen LogP contribution is -2.42. The Bertz CT molecular complexity index is 411. The van der Waals surface area contributed by atoms with Gasteiger partial charge < -0.3 is 5.11 Å². The summed E-state index contributed by atoms with van der Waals surface area (Å²) < 4.78 is 0. The number of hydrogen-bond acceptors (Lipinski definition) is 1. The van der Waals surface area contributed by atoms with Crippen LogP contribution >= 0.6 is 23.2 Å². The summed E-state index contributed by atoms with van der Waals surface area (Å²) in [5.41, 5.74) is 0.0319. The van der Waals surface area contributed by atoms with Crippen molar-refractivity contribution in [3.63, 3.8) is 0 Å². The molecule has 0 aromatic heterocycles. The Morgan fingerprint density at radius 3 is 2.33 bits per heavy atom. The number of benzene rings is 1. The highest BCUT2D eigenvalue weighted by molar-refractivity contribution is 6.42. The fourth-order valence-electron chi connectivity index (χ4n) is 1.95. The molecule has 1 N–H and O–H groups in total. The lowest BCUT2D eigenvalue weighted by Gasteiger charge is -2.38. The van der Waals surface area contributed by atoms with E-state index in [1.807, 2.05) is 0 Å². The summed E-state index contributed by atoms with van der Waals surface area (Å²) in [6.07, 6.45) is 2.31. The summed E-state index contributed by atoms with van der Waals surface area (Å²) in [7, 11) is 0. The highest BCUT2D eigenvalue weighted by atomic mass is 35.5. The van der Waals surface area contributed by atoms with Gasteiger partial charge in [0.2, 0.25) is 0 Å². The third-order valence-corrected chi connectivity index (χ3v) is 3.83. The standard InChI is InChI=1S/C11H10Cl2O2/c12-8-3-2-7(6-9(8)13)11(10(14)15)4-1-5-11/h2-3,6H,1,4-5H2,(H,14,15). The quantitative estimate of drug-likeness (QED) is 0.865. The summed E-state index contributed by atoms with van der Waals surface area (Å²) in [5, 5.41) is 10.1. The number of aliphatic carboxylic acids is 1. The second-order valence-electron chi connectivity index (χ2n) is 3.87. The molecule has 1 fully saturated rings. The Hall–Kier alpha value is -0.730. The second kappa shape index (κ2) is 3.69. The van der Waals surface area contributed by atoms with Crippen molar-refractivity contribution in [3.05, 3.63) is 33.8 Å². The predicted molar refractivity (Wildman–Crippen MR) is 59.6 cm³/mol. The molecular weight excluding hydrogens is 235 g/mol. The SMILES string of the molecule is O=C(O)C1(c2ccc(Cl)c(Cl)c2)CCC1. The van der Waals surface area contributed by atoms with E-state index in [0.29, 0.717) is 22.9 Å². The minimum absolute atomic E-state index is 0.418. The molecule has 15 heavy (non-hydrogen) atoms. The van der Waals surface area contributed by atoms with E-state index in [1.54, 1.807) is 18.2 Å². The monoisotopic (exact) mass is 244 g/mol. The molecule has 1 aliphatic carbocycles. The summed E-state index contributed by atoms with van der Waals surface area (Å²) >= 11 is 11.7. The average Bonchev–Trinajstić information content (AvgIpc) is 2.08. The maximum Gasteiger partial charge on any atom is 0.314 e. The van der Waals surface area contributed by atoms with E-state index in [4.69, 9.17) is 23.2 Å². The number of rotatable bonds is 2. The smallest absolute Gasteiger partial charge is 0.314 e. The number of hydrogen-bond donors (Lipinski definition) is 1. The number of halogens is 2. The molecular formula is C11H10Cl2O2. The summed E-state index contributed by atoms with van der Waals surface area (Å²) in [4.78, 5) is 11.2. The molecule has 2 nitrogen and oxygen atoms in total. The molecule has 0 saturated heterocycles. The van der Waals surface area contributed by atoms with Crippen molar-refractivity contribution in [3.8, 4) is 0 Å². The van der Waals surface area contributed by atoms with E-state index in [2.05, 4.69) is 0 Å². The van der Waals surface area contributed by atoms with Crippen LogP contribution < -0.4 is 0 Å². The summed E-state index contributed by atoms with van der Waals surface area (Å²) in [6, 6.07) is 5.07. The van der Waals surface area contributed by atoms with Crippen molar-refractivity contribution in [2.24, 2.45) is 0 Å². The zero-order valence-electron chi connectivity index (χ0n) is 7.96. The van der Waals surface area contributed by atoms with E-state index < -0.39 is 11.4 Å². The molecule has 2 rings (SSSR count). The van der Waals surface area contributed by atoms with Crippen LogP contribution in [0.4, 0.5) is 0 Å². The fourth-order valence-corrected chi connectivity index (χ4v) is 2.25. The van der Waals surface area contributed by atoms with Crippen molar-refractivity contribution < 1.29 is 9.90 Å². The zero-order valence-corrected chi connectivity index (χ0v) is 9.48. The minimum Gasteiger partial charge on any atom is -0.481 e. The Labute approximate surface area is 97.8 Å². The Balaban J connectivity index is 2.44. The first kappa shape index (κ1) is 10.8. The highest BCUT2D eigenvalue weighted by Gasteiger charge is 2.45. The van der Waals surface area contributed by atoms with Gasteiger partial charge in [-0.25, -0.2) is 0 Å². The van der Waals surface area contributed by atoms with Gasteiger partial charge in [0.05, 0.1) is 15.5 Å². The summed E-state index contributed by atoms with van der Waals surface area (Å²) in [6.45, 7) is 0. The molecule has 0 aliphatic heterocycles. The topological polar surface area (TPSA) is 37.3 Å². The number of carbonyl (C=O) groups is 1. The largest absolute Gasteiger partial charge is 0.481 e. The van der Waals surface area contributed by atoms with Crippen LogP contribution in [0.3, 0.4) is 0 Å². The molecule has 4 heteroatoms. The van der Waals surface area contributed by atoms with Crippen LogP contribution in [0.2, 0.25) is 10.0 Å². The third-order valence-electron chi connectivity index (χ3n) is 3.09. The van der Waals surface area contributed by atoms with Crippen LogP contribution in [-0.4, -0.2) is 11.1 Å². The van der Waals surface area contributed by atoms with Crippen LogP contribution in [0.5, 0.6) is 0 Å². The minimum atomic E-state index is -0.771. The van der Waals surface area contributed by atoms with E-state index in [1.165, 1.54) is 0 Å². The number of carboxylic acids is 1. The Morgan fingerprint density at radius 1 is 1.27 bits per heavy atom. The van der Waals surface area contributed by atoms with E-state index in [9.17, 15) is 9.90 Å². The van der Waals surface area contributed by atoms with Crippen LogP contribution in [-0.2, 0) is 10.2 Å². The van der Waals surface area contributed by atoms with E-state index in [0.717, 1.165) is 12.0 Å². The van der Waals surface area contributed by atoms with Crippen LogP contribution in [0.25, 0.3) is 0 Å². The molecule has 0 radical (unpaired) electrons. The number of carboxylic acid groups (broad SMARTS) is 1. The molecule has 1 aromatic rings. The first-order valence-electron chi connectivity index (χ1n) is 4.75. The van der Waals surface area contributed by atoms with Gasteiger partial charge in [-0.05, 0) is 30.5 Å². The first-order chi connectivity index (χ1) is 7.06. The molecule has 80 valence electrons. The zero-order chi connectivity index (χ0) is 11.1. The van der Waals surface area contributed by atoms with Crippen molar-refractivity contribution in [2.75, 3.05) is 0 Å². The van der Waals surface area contributed by atoms with E-state index in [-0.39, 0.29) is 0 Å². The first-order valence-corrected chi connectivity index (χ1v) is 5.51. The Kier molecular flexibility index (Phi) is 2.65. The average molecular weight is 245 g/mol. The molecule has 0 heterocycles. The second-order valence-corrected chi connectivity index (χ2v) is 4.68. The molecule has 0 atom stereocenters. The molecule has 0 bridgehead atoms. The third kappa shape index (κ3) is 1.62. The fraction of sp³-hybridized carbons (Fsp3) is 0.364. The van der Waals surface area contributed by atoms with Gasteiger partial charge >= 0.3 is 5.97 Å². The normalized spacial score (nSPS) is 18.3. The van der Waals surface area contributed by atoms with Crippen LogP contribution in [0, 0.1) is 0 Å². The molecule has 0 unspecified atom stereocenters. The molecule has 0 spiro atoms. The molecule has 1 saturated carbocycles. The maximum absolute atomic E-state index is 11.2. The maximum atomic E-state index is 11.2. The lowest BCUT2D eigenvalue weighted by molar-refractivity contribution is -0.147. The van der Waals surface area contributed by atoms with Gasteiger partial charge in [0.25, 0.3) is 0 Å². The van der Waals surface area contributed by atoms with Gasteiger partial charge in [-0.2, -0.15) is 0 Å². The van der Waals surface area contributed by atoms with Crippen molar-refractivity contribution in [1.82, 2.24) is 0 Å². The van der Waals surface area contributed by atoms with Crippen LogP contribution in [0.1, 0.15) is 24.8 Å². The van der Waals surface area contributed by atoms with Gasteiger partial charge in [0, 0.05) is 0 Å². The van der Waals surface area contributed by atoms with Crippen LogP contribution in [0.15, 0.2) is 18.2 Å². The highest BCUT2D eigenvalue weighted by Crippen LogP contribution is 2.45. The van der Waals surface area contributed by atoms with Crippen molar-refractivity contribution in [2.45, 2.75) is 24.7 Å². The van der Waals surface area contributed by atoms with Crippen molar-refractivity contribution in [1.29, 1.82) is 0 Å². The molecule has 1 aliphatic rings. The van der Waals surface area contributed by atoms with Crippen molar-refractivity contribution >= 4 is 29.2 Å². The summed E-state index contributed by atoms with van der Waals surface area (Å²) in [5.74, 6) is -0.771. The van der Waals surface area contributed by atoms with Gasteiger partial charge in [0.15, 0.2) is 0 Å². The lowest BCUT2D eigenvalue weighted by atomic mass is 9.64. The Morgan fingerprint density at radius 2 is 1.93 bits per heavy atom. The van der Waals surface area contributed by atoms with Gasteiger partial charge in [-0.15, -0.1) is 0 Å².